The van der Waals surface area contributed by atoms with E-state index >= 15 is 0 Å². The normalized spacial score (nSPS) is 17.3. The lowest BCUT2D eigenvalue weighted by Gasteiger charge is -2.21. The Balaban J connectivity index is 1.47. The van der Waals surface area contributed by atoms with Gasteiger partial charge in [0.25, 0.3) is 0 Å². The Morgan fingerprint density at radius 2 is 2.07 bits per heavy atom. The molecule has 0 aliphatic carbocycles. The maximum absolute atomic E-state index is 5.27. The number of fused-ring (bicyclic) bond motifs is 1. The molecule has 1 atom stereocenters. The topological polar surface area (TPSA) is 67.0 Å². The summed E-state index contributed by atoms with van der Waals surface area (Å²) in [6, 6.07) is 14.3. The summed E-state index contributed by atoms with van der Waals surface area (Å²) in [7, 11) is 1.70. The number of methoxy groups -OCH3 is 1. The number of likely N-dealkylation sites (tertiary alicyclic amines) is 1. The van der Waals surface area contributed by atoms with Gasteiger partial charge in [0.1, 0.15) is 12.3 Å². The van der Waals surface area contributed by atoms with Gasteiger partial charge in [-0.1, -0.05) is 18.2 Å². The highest BCUT2D eigenvalue weighted by Gasteiger charge is 2.26. The van der Waals surface area contributed by atoms with E-state index in [2.05, 4.69) is 39.5 Å². The SMILES string of the molecule is CCNC(=NCc1nnc2ccccn12)N1CCC(c2ccc(OC)cc2)C1. The Hall–Kier alpha value is -3.09. The van der Waals surface area contributed by atoms with Crippen molar-refractivity contribution >= 4 is 11.6 Å². The van der Waals surface area contributed by atoms with E-state index in [0.717, 1.165) is 49.2 Å². The molecule has 1 N–H and O–H groups in total. The molecule has 3 heterocycles. The molecule has 4 rings (SSSR count). The molecular weight excluding hydrogens is 352 g/mol. The van der Waals surface area contributed by atoms with E-state index in [9.17, 15) is 0 Å². The lowest BCUT2D eigenvalue weighted by atomic mass is 9.98. The van der Waals surface area contributed by atoms with E-state index in [-0.39, 0.29) is 0 Å². The van der Waals surface area contributed by atoms with Crippen molar-refractivity contribution in [3.05, 3.63) is 60.0 Å². The molecule has 1 saturated heterocycles. The molecule has 1 unspecified atom stereocenters. The Bertz CT molecular complexity index is 949. The first kappa shape index (κ1) is 18.3. The summed E-state index contributed by atoms with van der Waals surface area (Å²) >= 11 is 0. The second kappa shape index (κ2) is 8.29. The number of hydrogen-bond acceptors (Lipinski definition) is 4. The number of rotatable bonds is 5. The minimum absolute atomic E-state index is 0.497. The zero-order chi connectivity index (χ0) is 19.3. The average Bonchev–Trinajstić information content (AvgIpc) is 3.39. The van der Waals surface area contributed by atoms with Gasteiger partial charge in [-0.2, -0.15) is 0 Å². The van der Waals surface area contributed by atoms with E-state index in [0.29, 0.717) is 12.5 Å². The molecule has 3 aromatic rings. The van der Waals surface area contributed by atoms with Gasteiger partial charge >= 0.3 is 0 Å². The number of aromatic nitrogens is 3. The highest BCUT2D eigenvalue weighted by atomic mass is 16.5. The summed E-state index contributed by atoms with van der Waals surface area (Å²) in [6.07, 6.45) is 3.09. The van der Waals surface area contributed by atoms with Gasteiger partial charge in [-0.25, -0.2) is 4.99 Å². The van der Waals surface area contributed by atoms with Gasteiger partial charge in [0, 0.05) is 31.7 Å². The van der Waals surface area contributed by atoms with Gasteiger partial charge < -0.3 is 15.0 Å². The van der Waals surface area contributed by atoms with Gasteiger partial charge in [0.05, 0.1) is 7.11 Å². The third-order valence-corrected chi connectivity index (χ3v) is 5.16. The van der Waals surface area contributed by atoms with Gasteiger partial charge in [-0.15, -0.1) is 10.2 Å². The van der Waals surface area contributed by atoms with Gasteiger partial charge in [-0.3, -0.25) is 4.40 Å². The highest BCUT2D eigenvalue weighted by molar-refractivity contribution is 5.80. The predicted molar refractivity (Wildman–Crippen MR) is 110 cm³/mol. The van der Waals surface area contributed by atoms with Crippen molar-refractivity contribution in [1.82, 2.24) is 24.8 Å². The number of guanidine groups is 1. The van der Waals surface area contributed by atoms with E-state index in [1.807, 2.05) is 40.9 Å². The van der Waals surface area contributed by atoms with Crippen LogP contribution in [-0.2, 0) is 6.54 Å². The van der Waals surface area contributed by atoms with Crippen molar-refractivity contribution < 1.29 is 4.74 Å². The van der Waals surface area contributed by atoms with Crippen LogP contribution < -0.4 is 10.1 Å². The van der Waals surface area contributed by atoms with E-state index in [4.69, 9.17) is 9.73 Å². The molecule has 0 spiro atoms. The van der Waals surface area contributed by atoms with Crippen molar-refractivity contribution in [3.63, 3.8) is 0 Å². The van der Waals surface area contributed by atoms with Crippen LogP contribution in [0.3, 0.4) is 0 Å². The fourth-order valence-corrected chi connectivity index (χ4v) is 3.67. The standard InChI is InChI=1S/C21H26N6O/c1-3-22-21(23-14-20-25-24-19-6-4-5-12-27(19)20)26-13-11-17(15-26)16-7-9-18(28-2)10-8-16/h4-10,12,17H,3,11,13-15H2,1-2H3,(H,22,23). The van der Waals surface area contributed by atoms with Crippen LogP contribution >= 0.6 is 0 Å². The van der Waals surface area contributed by atoms with Crippen LogP contribution in [0.15, 0.2) is 53.7 Å². The van der Waals surface area contributed by atoms with Crippen molar-refractivity contribution in [2.24, 2.45) is 4.99 Å². The Labute approximate surface area is 165 Å². The summed E-state index contributed by atoms with van der Waals surface area (Å²) in [5, 5.41) is 11.9. The molecule has 2 aromatic heterocycles. The maximum atomic E-state index is 5.27. The van der Waals surface area contributed by atoms with Crippen LogP contribution in [0.2, 0.25) is 0 Å². The maximum Gasteiger partial charge on any atom is 0.194 e. The zero-order valence-corrected chi connectivity index (χ0v) is 16.4. The van der Waals surface area contributed by atoms with Gasteiger partial charge in [0.15, 0.2) is 17.4 Å². The molecule has 28 heavy (non-hydrogen) atoms. The first-order valence-electron chi connectivity index (χ1n) is 9.74. The quantitative estimate of drug-likeness (QED) is 0.546. The summed E-state index contributed by atoms with van der Waals surface area (Å²) in [5.74, 6) is 3.18. The molecule has 1 fully saturated rings. The van der Waals surface area contributed by atoms with E-state index < -0.39 is 0 Å². The molecule has 0 saturated carbocycles. The van der Waals surface area contributed by atoms with Crippen LogP contribution in [-0.4, -0.2) is 52.2 Å². The molecule has 0 radical (unpaired) electrons. The summed E-state index contributed by atoms with van der Waals surface area (Å²) < 4.78 is 7.25. The molecular formula is C21H26N6O. The van der Waals surface area contributed by atoms with Crippen LogP contribution in [0.1, 0.15) is 30.7 Å². The largest absolute Gasteiger partial charge is 0.497 e. The van der Waals surface area contributed by atoms with Gasteiger partial charge in [-0.05, 0) is 43.2 Å². The van der Waals surface area contributed by atoms with Crippen molar-refractivity contribution in [1.29, 1.82) is 0 Å². The molecule has 1 aliphatic rings. The minimum atomic E-state index is 0.497. The van der Waals surface area contributed by atoms with Crippen molar-refractivity contribution in [2.45, 2.75) is 25.8 Å². The molecule has 0 amide bonds. The van der Waals surface area contributed by atoms with Crippen LogP contribution in [0.25, 0.3) is 5.65 Å². The molecule has 0 bridgehead atoms. The fourth-order valence-electron chi connectivity index (χ4n) is 3.67. The predicted octanol–water partition coefficient (Wildman–Crippen LogP) is 2.69. The number of benzene rings is 1. The van der Waals surface area contributed by atoms with Crippen LogP contribution in [0.4, 0.5) is 0 Å². The summed E-state index contributed by atoms with van der Waals surface area (Å²) in [5.41, 5.74) is 2.20. The number of hydrogen-bond donors (Lipinski definition) is 1. The average molecular weight is 378 g/mol. The molecule has 7 heteroatoms. The third kappa shape index (κ3) is 3.78. The number of aliphatic imine (C=N–C) groups is 1. The fraction of sp³-hybridized carbons (Fsp3) is 0.381. The zero-order valence-electron chi connectivity index (χ0n) is 16.4. The second-order valence-corrected chi connectivity index (χ2v) is 6.92. The lowest BCUT2D eigenvalue weighted by molar-refractivity contribution is 0.414. The molecule has 7 nitrogen and oxygen atoms in total. The molecule has 1 aliphatic heterocycles. The monoisotopic (exact) mass is 378 g/mol. The van der Waals surface area contributed by atoms with E-state index in [1.54, 1.807) is 7.11 Å². The number of ether oxygens (including phenoxy) is 1. The Morgan fingerprint density at radius 1 is 1.21 bits per heavy atom. The first-order valence-corrected chi connectivity index (χ1v) is 9.74. The van der Waals surface area contributed by atoms with Crippen LogP contribution in [0, 0.1) is 0 Å². The van der Waals surface area contributed by atoms with Crippen LogP contribution in [0.5, 0.6) is 5.75 Å². The van der Waals surface area contributed by atoms with Crippen molar-refractivity contribution in [2.75, 3.05) is 26.7 Å². The van der Waals surface area contributed by atoms with Gasteiger partial charge in [0.2, 0.25) is 0 Å². The Morgan fingerprint density at radius 3 is 2.86 bits per heavy atom. The minimum Gasteiger partial charge on any atom is -0.497 e. The summed E-state index contributed by atoms with van der Waals surface area (Å²) in [6.45, 7) is 5.38. The molecule has 146 valence electrons. The number of nitrogens with zero attached hydrogens (tertiary/aromatic N) is 5. The smallest absolute Gasteiger partial charge is 0.194 e. The van der Waals surface area contributed by atoms with Crippen molar-refractivity contribution in [3.8, 4) is 5.75 Å². The molecule has 1 aromatic carbocycles. The number of nitrogens with one attached hydrogen (secondary N) is 1. The highest BCUT2D eigenvalue weighted by Crippen LogP contribution is 2.28. The third-order valence-electron chi connectivity index (χ3n) is 5.16. The summed E-state index contributed by atoms with van der Waals surface area (Å²) in [4.78, 5) is 7.17. The second-order valence-electron chi connectivity index (χ2n) is 6.92. The lowest BCUT2D eigenvalue weighted by Crippen LogP contribution is -2.40. The Kier molecular flexibility index (Phi) is 5.41. The van der Waals surface area contributed by atoms with E-state index in [1.165, 1.54) is 5.56 Å². The number of pyridine rings is 1. The first-order chi connectivity index (χ1) is 13.8.